The molecule has 0 spiro atoms. The summed E-state index contributed by atoms with van der Waals surface area (Å²) in [5.41, 5.74) is 6.00. The van der Waals surface area contributed by atoms with E-state index in [0.717, 1.165) is 54.5 Å². The van der Waals surface area contributed by atoms with Crippen LogP contribution in [0.1, 0.15) is 63.2 Å². The van der Waals surface area contributed by atoms with Crippen LogP contribution >= 0.6 is 11.6 Å². The monoisotopic (exact) mass is 434 g/mol. The summed E-state index contributed by atoms with van der Waals surface area (Å²) in [4.78, 5) is 28.2. The molecular formula is C25H27ClN4O. The summed E-state index contributed by atoms with van der Waals surface area (Å²) in [6.45, 7) is 7.20. The lowest BCUT2D eigenvalue weighted by atomic mass is 9.91. The van der Waals surface area contributed by atoms with Gasteiger partial charge < -0.3 is 4.90 Å². The van der Waals surface area contributed by atoms with Crippen molar-refractivity contribution in [3.63, 3.8) is 0 Å². The van der Waals surface area contributed by atoms with E-state index >= 15 is 0 Å². The van der Waals surface area contributed by atoms with E-state index in [9.17, 15) is 4.79 Å². The van der Waals surface area contributed by atoms with Gasteiger partial charge in [-0.3, -0.25) is 9.78 Å². The second kappa shape index (κ2) is 9.15. The first-order valence-corrected chi connectivity index (χ1v) is 11.1. The summed E-state index contributed by atoms with van der Waals surface area (Å²) < 4.78 is 0. The van der Waals surface area contributed by atoms with Gasteiger partial charge in [-0.25, -0.2) is 9.97 Å². The summed E-state index contributed by atoms with van der Waals surface area (Å²) in [6.07, 6.45) is 4.33. The first-order valence-electron chi connectivity index (χ1n) is 10.7. The van der Waals surface area contributed by atoms with Crippen molar-refractivity contribution in [2.45, 2.75) is 46.0 Å². The summed E-state index contributed by atoms with van der Waals surface area (Å²) in [5.74, 6) is 1.08. The molecule has 1 aliphatic rings. The second-order valence-corrected chi connectivity index (χ2v) is 8.76. The van der Waals surface area contributed by atoms with Crippen molar-refractivity contribution < 1.29 is 4.79 Å². The summed E-state index contributed by atoms with van der Waals surface area (Å²) in [7, 11) is 0. The molecule has 3 aromatic rings. The largest absolute Gasteiger partial charge is 0.338 e. The van der Waals surface area contributed by atoms with Crippen LogP contribution in [0.15, 0.2) is 42.6 Å². The summed E-state index contributed by atoms with van der Waals surface area (Å²) in [6, 6.07) is 12.4. The molecule has 0 saturated carbocycles. The van der Waals surface area contributed by atoms with Gasteiger partial charge in [0.1, 0.15) is 5.82 Å². The molecule has 1 saturated heterocycles. The molecule has 0 bridgehead atoms. The highest BCUT2D eigenvalue weighted by atomic mass is 35.5. The number of nitrogens with zero attached hydrogens (tertiary/aromatic N) is 4. The molecule has 0 unspecified atom stereocenters. The number of aromatic nitrogens is 3. The fourth-order valence-electron chi connectivity index (χ4n) is 4.26. The number of carbonyl (C=O) groups excluding carboxylic acids is 1. The molecule has 5 nitrogen and oxygen atoms in total. The minimum absolute atomic E-state index is 0.0246. The smallest absolute Gasteiger partial charge is 0.257 e. The lowest BCUT2D eigenvalue weighted by Crippen LogP contribution is -2.38. The van der Waals surface area contributed by atoms with E-state index in [1.54, 1.807) is 6.20 Å². The summed E-state index contributed by atoms with van der Waals surface area (Å²) >= 11 is 6.01. The molecule has 31 heavy (non-hydrogen) atoms. The fourth-order valence-corrected chi connectivity index (χ4v) is 4.39. The van der Waals surface area contributed by atoms with Crippen molar-refractivity contribution in [3.05, 3.63) is 87.2 Å². The standard InChI is InChI=1S/C25H27ClN4O/c1-16-12-20(13-19-4-6-22(26)7-5-19)14-24(28-16)21-8-10-30(11-9-21)25(31)23-15-27-18(3)29-17(23)2/h4-7,12,14-15,21H,8-11,13H2,1-3H3. The number of hydrogen-bond acceptors (Lipinski definition) is 4. The lowest BCUT2D eigenvalue weighted by molar-refractivity contribution is 0.0710. The zero-order chi connectivity index (χ0) is 22.0. The van der Waals surface area contributed by atoms with Gasteiger partial charge in [0.25, 0.3) is 5.91 Å². The van der Waals surface area contributed by atoms with Crippen LogP contribution in [-0.2, 0) is 6.42 Å². The van der Waals surface area contributed by atoms with Crippen LogP contribution in [0.5, 0.6) is 0 Å². The predicted octanol–water partition coefficient (Wildman–Crippen LogP) is 5.06. The number of pyridine rings is 1. The van der Waals surface area contributed by atoms with Crippen molar-refractivity contribution in [1.82, 2.24) is 19.9 Å². The van der Waals surface area contributed by atoms with E-state index in [0.29, 0.717) is 17.3 Å². The van der Waals surface area contributed by atoms with Gasteiger partial charge in [-0.1, -0.05) is 23.7 Å². The third kappa shape index (κ3) is 5.10. The number of piperidine rings is 1. The molecular weight excluding hydrogens is 408 g/mol. The number of benzene rings is 1. The van der Waals surface area contributed by atoms with Gasteiger partial charge in [-0.2, -0.15) is 0 Å². The molecule has 1 amide bonds. The molecule has 2 aromatic heterocycles. The molecule has 0 aliphatic carbocycles. The first kappa shape index (κ1) is 21.4. The van der Waals surface area contributed by atoms with Crippen molar-refractivity contribution in [3.8, 4) is 0 Å². The van der Waals surface area contributed by atoms with E-state index in [2.05, 4.69) is 34.2 Å². The van der Waals surface area contributed by atoms with Gasteiger partial charge in [0.2, 0.25) is 0 Å². The van der Waals surface area contributed by atoms with Gasteiger partial charge in [0, 0.05) is 41.6 Å². The maximum atomic E-state index is 12.9. The fraction of sp³-hybridized carbons (Fsp3) is 0.360. The van der Waals surface area contributed by atoms with Crippen molar-refractivity contribution in [2.24, 2.45) is 0 Å². The zero-order valence-electron chi connectivity index (χ0n) is 18.2. The van der Waals surface area contributed by atoms with Gasteiger partial charge in [0.15, 0.2) is 0 Å². The molecule has 1 fully saturated rings. The van der Waals surface area contributed by atoms with Gasteiger partial charge >= 0.3 is 0 Å². The van der Waals surface area contributed by atoms with E-state index < -0.39 is 0 Å². The highest BCUT2D eigenvalue weighted by molar-refractivity contribution is 6.30. The average molecular weight is 435 g/mol. The topological polar surface area (TPSA) is 59.0 Å². The molecule has 1 aromatic carbocycles. The zero-order valence-corrected chi connectivity index (χ0v) is 19.0. The van der Waals surface area contributed by atoms with Crippen LogP contribution in [-0.4, -0.2) is 38.8 Å². The summed E-state index contributed by atoms with van der Waals surface area (Å²) in [5, 5.41) is 0.754. The average Bonchev–Trinajstić information content (AvgIpc) is 2.75. The number of rotatable bonds is 4. The Morgan fingerprint density at radius 3 is 2.42 bits per heavy atom. The lowest BCUT2D eigenvalue weighted by Gasteiger charge is -2.32. The van der Waals surface area contributed by atoms with E-state index in [-0.39, 0.29) is 5.91 Å². The van der Waals surface area contributed by atoms with Gasteiger partial charge in [-0.15, -0.1) is 0 Å². The molecule has 4 rings (SSSR count). The molecule has 3 heterocycles. The Hall–Kier alpha value is -2.79. The van der Waals surface area contributed by atoms with Crippen LogP contribution in [0, 0.1) is 20.8 Å². The quantitative estimate of drug-likeness (QED) is 0.575. The maximum Gasteiger partial charge on any atom is 0.257 e. The Morgan fingerprint density at radius 2 is 1.74 bits per heavy atom. The minimum Gasteiger partial charge on any atom is -0.338 e. The Bertz CT molecular complexity index is 1090. The normalized spacial score (nSPS) is 14.6. The van der Waals surface area contributed by atoms with Crippen LogP contribution < -0.4 is 0 Å². The van der Waals surface area contributed by atoms with Gasteiger partial charge in [0.05, 0.1) is 11.3 Å². The molecule has 1 aliphatic heterocycles. The van der Waals surface area contributed by atoms with E-state index in [1.807, 2.05) is 37.8 Å². The third-order valence-corrected chi connectivity index (χ3v) is 6.14. The van der Waals surface area contributed by atoms with Crippen LogP contribution in [0.2, 0.25) is 5.02 Å². The Labute approximate surface area is 188 Å². The number of aryl methyl sites for hydroxylation is 3. The predicted molar refractivity (Wildman–Crippen MR) is 123 cm³/mol. The minimum atomic E-state index is 0.0246. The number of halogens is 1. The Kier molecular flexibility index (Phi) is 6.33. The number of amides is 1. The number of likely N-dealkylation sites (tertiary alicyclic amines) is 1. The third-order valence-electron chi connectivity index (χ3n) is 5.89. The molecule has 6 heteroatoms. The molecule has 0 radical (unpaired) electrons. The van der Waals surface area contributed by atoms with Crippen molar-refractivity contribution >= 4 is 17.5 Å². The van der Waals surface area contributed by atoms with E-state index in [1.165, 1.54) is 11.1 Å². The van der Waals surface area contributed by atoms with Crippen LogP contribution in [0.25, 0.3) is 0 Å². The highest BCUT2D eigenvalue weighted by Gasteiger charge is 2.27. The highest BCUT2D eigenvalue weighted by Crippen LogP contribution is 2.29. The van der Waals surface area contributed by atoms with Crippen LogP contribution in [0.3, 0.4) is 0 Å². The molecule has 0 N–H and O–H groups in total. The SMILES string of the molecule is Cc1cc(Cc2ccc(Cl)cc2)cc(C2CCN(C(=O)c3cnc(C)nc3C)CC2)n1. The van der Waals surface area contributed by atoms with Crippen LogP contribution in [0.4, 0.5) is 0 Å². The molecule has 160 valence electrons. The maximum absolute atomic E-state index is 12.9. The number of carbonyl (C=O) groups is 1. The Morgan fingerprint density at radius 1 is 1.03 bits per heavy atom. The Balaban J connectivity index is 1.44. The number of hydrogen-bond donors (Lipinski definition) is 0. The second-order valence-electron chi connectivity index (χ2n) is 8.33. The van der Waals surface area contributed by atoms with Crippen molar-refractivity contribution in [2.75, 3.05) is 13.1 Å². The van der Waals surface area contributed by atoms with Crippen molar-refractivity contribution in [1.29, 1.82) is 0 Å². The molecule has 0 atom stereocenters. The van der Waals surface area contributed by atoms with E-state index in [4.69, 9.17) is 16.6 Å². The first-order chi connectivity index (χ1) is 14.9. The van der Waals surface area contributed by atoms with Gasteiger partial charge in [-0.05, 0) is 75.4 Å².